The minimum absolute atomic E-state index is 0.0246. The van der Waals surface area contributed by atoms with Gasteiger partial charge in [0.1, 0.15) is 18.1 Å². The van der Waals surface area contributed by atoms with Gasteiger partial charge >= 0.3 is 5.97 Å². The number of carbonyl (C=O) groups excluding carboxylic acids is 1. The van der Waals surface area contributed by atoms with E-state index in [1.165, 1.54) is 4.90 Å². The first-order valence-electron chi connectivity index (χ1n) is 11.1. The zero-order chi connectivity index (χ0) is 23.9. The lowest BCUT2D eigenvalue weighted by Gasteiger charge is -2.29. The second kappa shape index (κ2) is 10.7. The number of aliphatic hydroxyl groups excluding tert-OH is 1. The van der Waals surface area contributed by atoms with Crippen LogP contribution in [0.4, 0.5) is 0 Å². The van der Waals surface area contributed by atoms with Gasteiger partial charge in [-0.25, -0.2) is 0 Å². The van der Waals surface area contributed by atoms with Gasteiger partial charge in [0.15, 0.2) is 6.23 Å². The number of nitrogens with zero attached hydrogens (tertiary/aromatic N) is 1. The van der Waals surface area contributed by atoms with E-state index in [0.717, 1.165) is 24.2 Å². The Kier molecular flexibility index (Phi) is 7.31. The molecule has 34 heavy (non-hydrogen) atoms. The Bertz CT molecular complexity index is 1190. The predicted molar refractivity (Wildman–Crippen MR) is 125 cm³/mol. The molecule has 3 aromatic rings. The zero-order valence-electron chi connectivity index (χ0n) is 18.5. The maximum atomic E-state index is 13.4. The molecule has 1 aliphatic rings. The highest BCUT2D eigenvalue weighted by Crippen LogP contribution is 2.37. The molecule has 1 heterocycles. The lowest BCUT2D eigenvalue weighted by Crippen LogP contribution is -2.37. The summed E-state index contributed by atoms with van der Waals surface area (Å²) >= 11 is 0. The summed E-state index contributed by atoms with van der Waals surface area (Å²) in [4.78, 5) is 25.4. The molecule has 0 spiro atoms. The van der Waals surface area contributed by atoms with Crippen molar-refractivity contribution in [3.05, 3.63) is 78.1 Å². The number of ether oxygens (including phenoxy) is 1. The summed E-state index contributed by atoms with van der Waals surface area (Å²) in [5.74, 6) is 5.52. The van der Waals surface area contributed by atoms with Crippen LogP contribution >= 0.6 is 0 Å². The molecule has 4 rings (SSSR count). The normalized spacial score (nSPS) is 13.4. The van der Waals surface area contributed by atoms with Crippen LogP contribution in [0.3, 0.4) is 0 Å². The van der Waals surface area contributed by atoms with Gasteiger partial charge in [0, 0.05) is 29.2 Å². The first kappa shape index (κ1) is 23.1. The first-order chi connectivity index (χ1) is 16.5. The van der Waals surface area contributed by atoms with Gasteiger partial charge in [-0.2, -0.15) is 0 Å². The Labute approximate surface area is 197 Å². The molecule has 1 fully saturated rings. The van der Waals surface area contributed by atoms with Crippen LogP contribution in [0, 0.1) is 11.8 Å². The molecular weight excluding hydrogens is 434 g/mol. The molecule has 7 nitrogen and oxygen atoms in total. The third-order valence-electron chi connectivity index (χ3n) is 5.46. The number of amides is 1. The number of para-hydroxylation sites is 1. The van der Waals surface area contributed by atoms with E-state index in [0.29, 0.717) is 16.9 Å². The number of aliphatic hydroxyl groups is 1. The van der Waals surface area contributed by atoms with Crippen LogP contribution in [0.15, 0.2) is 71.3 Å². The number of carboxylic acids is 1. The summed E-state index contributed by atoms with van der Waals surface area (Å²) in [6, 6.07) is 17.7. The average Bonchev–Trinajstić information content (AvgIpc) is 3.52. The molecule has 1 atom stereocenters. The number of benzene rings is 2. The molecule has 1 saturated carbocycles. The SMILES string of the molecule is O=C(O)CCC#CCOc1ccccc1C(O)N(C(=O)c1ccc(-c2ccco2)cc1)C1CC1. The first-order valence-corrected chi connectivity index (χ1v) is 11.1. The zero-order valence-corrected chi connectivity index (χ0v) is 18.5. The molecule has 0 radical (unpaired) electrons. The van der Waals surface area contributed by atoms with Crippen molar-refractivity contribution in [1.82, 2.24) is 4.90 Å². The van der Waals surface area contributed by atoms with E-state index in [-0.39, 0.29) is 31.4 Å². The number of furan rings is 1. The standard InChI is InChI=1S/C27H25NO6/c29-25(30)10-2-1-5-17-34-24-8-4-3-7-22(24)27(32)28(21-15-16-21)26(31)20-13-11-19(12-14-20)23-9-6-18-33-23/h3-4,6-9,11-14,18,21,27,32H,2,10,15-17H2,(H,29,30). The van der Waals surface area contributed by atoms with Crippen LogP contribution in [0.5, 0.6) is 5.75 Å². The molecular formula is C27H25NO6. The molecule has 0 saturated heterocycles. The van der Waals surface area contributed by atoms with Gasteiger partial charge in [0.25, 0.3) is 5.91 Å². The predicted octanol–water partition coefficient (Wildman–Crippen LogP) is 4.49. The summed E-state index contributed by atoms with van der Waals surface area (Å²) in [6.07, 6.45) is 2.28. The molecule has 2 N–H and O–H groups in total. The van der Waals surface area contributed by atoms with Crippen molar-refractivity contribution in [2.75, 3.05) is 6.61 Å². The second-order valence-corrected chi connectivity index (χ2v) is 7.95. The van der Waals surface area contributed by atoms with Gasteiger partial charge in [-0.1, -0.05) is 42.2 Å². The molecule has 1 aliphatic carbocycles. The Balaban J connectivity index is 1.48. The minimum Gasteiger partial charge on any atom is -0.481 e. The number of carbonyl (C=O) groups is 2. The molecule has 7 heteroatoms. The fourth-order valence-electron chi connectivity index (χ4n) is 3.60. The third kappa shape index (κ3) is 5.66. The van der Waals surface area contributed by atoms with Crippen molar-refractivity contribution >= 4 is 11.9 Å². The number of hydrogen-bond acceptors (Lipinski definition) is 5. The summed E-state index contributed by atoms with van der Waals surface area (Å²) in [5, 5.41) is 19.9. The van der Waals surface area contributed by atoms with Gasteiger partial charge in [-0.05, 0) is 43.2 Å². The second-order valence-electron chi connectivity index (χ2n) is 7.95. The Hall–Kier alpha value is -4.02. The van der Waals surface area contributed by atoms with E-state index in [2.05, 4.69) is 11.8 Å². The van der Waals surface area contributed by atoms with E-state index in [4.69, 9.17) is 14.3 Å². The molecule has 1 aromatic heterocycles. The average molecular weight is 459 g/mol. The third-order valence-corrected chi connectivity index (χ3v) is 5.46. The fourth-order valence-corrected chi connectivity index (χ4v) is 3.60. The summed E-state index contributed by atoms with van der Waals surface area (Å²) < 4.78 is 11.1. The molecule has 1 amide bonds. The van der Waals surface area contributed by atoms with Crippen LogP contribution in [-0.4, -0.2) is 39.6 Å². The lowest BCUT2D eigenvalue weighted by molar-refractivity contribution is -0.136. The molecule has 0 bridgehead atoms. The maximum absolute atomic E-state index is 13.4. The van der Waals surface area contributed by atoms with Crippen molar-refractivity contribution < 1.29 is 29.0 Å². The molecule has 174 valence electrons. The highest BCUT2D eigenvalue weighted by Gasteiger charge is 2.38. The van der Waals surface area contributed by atoms with Crippen molar-refractivity contribution in [1.29, 1.82) is 0 Å². The van der Waals surface area contributed by atoms with Crippen LogP contribution in [-0.2, 0) is 4.79 Å². The highest BCUT2D eigenvalue weighted by molar-refractivity contribution is 5.95. The van der Waals surface area contributed by atoms with Gasteiger partial charge in [0.2, 0.25) is 0 Å². The van der Waals surface area contributed by atoms with E-state index < -0.39 is 12.2 Å². The fraction of sp³-hybridized carbons (Fsp3) is 0.259. The van der Waals surface area contributed by atoms with E-state index >= 15 is 0 Å². The number of aliphatic carboxylic acids is 1. The van der Waals surface area contributed by atoms with Crippen LogP contribution in [0.1, 0.15) is 47.8 Å². The van der Waals surface area contributed by atoms with Gasteiger partial charge in [-0.15, -0.1) is 0 Å². The van der Waals surface area contributed by atoms with Gasteiger partial charge < -0.3 is 24.3 Å². The van der Waals surface area contributed by atoms with Gasteiger partial charge in [0.05, 0.1) is 12.7 Å². The van der Waals surface area contributed by atoms with Crippen molar-refractivity contribution in [3.63, 3.8) is 0 Å². The van der Waals surface area contributed by atoms with Crippen molar-refractivity contribution in [3.8, 4) is 28.9 Å². The Morgan fingerprint density at radius 2 is 1.82 bits per heavy atom. The van der Waals surface area contributed by atoms with Gasteiger partial charge in [-0.3, -0.25) is 9.59 Å². The summed E-state index contributed by atoms with van der Waals surface area (Å²) in [5.41, 5.74) is 1.81. The minimum atomic E-state index is -1.18. The molecule has 0 aliphatic heterocycles. The number of carboxylic acid groups (broad SMARTS) is 1. The summed E-state index contributed by atoms with van der Waals surface area (Å²) in [6.45, 7) is 0.0506. The number of hydrogen-bond donors (Lipinski definition) is 2. The number of rotatable bonds is 9. The van der Waals surface area contributed by atoms with Crippen molar-refractivity contribution in [2.45, 2.75) is 38.0 Å². The van der Waals surface area contributed by atoms with E-state index in [1.807, 2.05) is 18.2 Å². The summed E-state index contributed by atoms with van der Waals surface area (Å²) in [7, 11) is 0. The maximum Gasteiger partial charge on any atom is 0.304 e. The Morgan fingerprint density at radius 3 is 2.50 bits per heavy atom. The smallest absolute Gasteiger partial charge is 0.304 e. The van der Waals surface area contributed by atoms with E-state index in [1.54, 1.807) is 48.7 Å². The molecule has 2 aromatic carbocycles. The highest BCUT2D eigenvalue weighted by atomic mass is 16.5. The van der Waals surface area contributed by atoms with Crippen LogP contribution < -0.4 is 4.74 Å². The monoisotopic (exact) mass is 459 g/mol. The quantitative estimate of drug-likeness (QED) is 0.361. The topological polar surface area (TPSA) is 100 Å². The van der Waals surface area contributed by atoms with Crippen molar-refractivity contribution in [2.24, 2.45) is 0 Å². The van der Waals surface area contributed by atoms with Crippen LogP contribution in [0.25, 0.3) is 11.3 Å². The molecule has 1 unspecified atom stereocenters. The lowest BCUT2D eigenvalue weighted by atomic mass is 10.1. The van der Waals surface area contributed by atoms with E-state index in [9.17, 15) is 14.7 Å². The Morgan fingerprint density at radius 1 is 1.06 bits per heavy atom. The van der Waals surface area contributed by atoms with Crippen LogP contribution in [0.2, 0.25) is 0 Å². The largest absolute Gasteiger partial charge is 0.481 e.